The summed E-state index contributed by atoms with van der Waals surface area (Å²) in [6, 6.07) is 5.58. The first-order valence-corrected chi connectivity index (χ1v) is 13.3. The van der Waals surface area contributed by atoms with Gasteiger partial charge >= 0.3 is 6.18 Å². The topological polar surface area (TPSA) is 105 Å². The Morgan fingerprint density at radius 3 is 2.55 bits per heavy atom. The van der Waals surface area contributed by atoms with Gasteiger partial charge in [0.15, 0.2) is 0 Å². The van der Waals surface area contributed by atoms with Crippen molar-refractivity contribution in [1.82, 2.24) is 9.88 Å². The summed E-state index contributed by atoms with van der Waals surface area (Å²) in [5.41, 5.74) is 0.200. The molecule has 3 heterocycles. The van der Waals surface area contributed by atoms with E-state index in [1.165, 1.54) is 43.0 Å². The average molecular weight is 637 g/mol. The summed E-state index contributed by atoms with van der Waals surface area (Å²) >= 11 is 19.4. The minimum Gasteiger partial charge on any atom is -0.494 e. The van der Waals surface area contributed by atoms with E-state index in [0.29, 0.717) is 5.02 Å². The maximum Gasteiger partial charge on any atom is 0.406 e. The number of rotatable bonds is 8. The average Bonchev–Trinajstić information content (AvgIpc) is 3.55. The molecule has 9 nitrogen and oxygen atoms in total. The van der Waals surface area contributed by atoms with Crippen LogP contribution in [0.2, 0.25) is 15.1 Å². The van der Waals surface area contributed by atoms with Crippen LogP contribution in [0.3, 0.4) is 0 Å². The zero-order valence-corrected chi connectivity index (χ0v) is 23.5. The van der Waals surface area contributed by atoms with Crippen molar-refractivity contribution in [2.75, 3.05) is 37.4 Å². The molecule has 1 aromatic carbocycles. The number of nitrogens with one attached hydrogen (secondary N) is 2. The predicted molar refractivity (Wildman–Crippen MR) is 147 cm³/mol. The molecule has 0 bridgehead atoms. The second kappa shape index (κ2) is 12.5. The lowest BCUT2D eigenvalue weighted by Crippen LogP contribution is -2.38. The Morgan fingerprint density at radius 2 is 1.93 bits per heavy atom. The minimum atomic E-state index is -4.53. The first-order chi connectivity index (χ1) is 18.9. The fourth-order valence-electron chi connectivity index (χ4n) is 3.62. The van der Waals surface area contributed by atoms with E-state index >= 15 is 0 Å². The fraction of sp³-hybridized carbons (Fsp3) is 0.250. The number of halogens is 6. The number of alkyl halides is 3. The first kappa shape index (κ1) is 29.7. The summed E-state index contributed by atoms with van der Waals surface area (Å²) in [7, 11) is 1.32. The summed E-state index contributed by atoms with van der Waals surface area (Å²) < 4.78 is 50.1. The number of amides is 2. The molecule has 0 spiro atoms. The Balaban J connectivity index is 1.59. The Kier molecular flexibility index (Phi) is 9.29. The molecule has 0 fully saturated rings. The molecule has 212 valence electrons. The summed E-state index contributed by atoms with van der Waals surface area (Å²) in [6.07, 6.45) is -3.18. The van der Waals surface area contributed by atoms with E-state index in [9.17, 15) is 22.8 Å². The predicted octanol–water partition coefficient (Wildman–Crippen LogP) is 6.37. The number of methoxy groups -OCH3 is 1. The number of benzene rings is 1. The summed E-state index contributed by atoms with van der Waals surface area (Å²) in [4.78, 5) is 35.2. The van der Waals surface area contributed by atoms with Crippen LogP contribution in [-0.4, -0.2) is 60.7 Å². The summed E-state index contributed by atoms with van der Waals surface area (Å²) in [5.74, 6) is -1.12. The molecule has 0 radical (unpaired) electrons. The fourth-order valence-corrected chi connectivity index (χ4v) is 5.19. The van der Waals surface area contributed by atoms with Gasteiger partial charge in [-0.05, 0) is 23.6 Å². The van der Waals surface area contributed by atoms with Gasteiger partial charge in [-0.1, -0.05) is 34.8 Å². The molecule has 40 heavy (non-hydrogen) atoms. The Labute approximate surface area is 244 Å². The van der Waals surface area contributed by atoms with Gasteiger partial charge in [0.05, 0.1) is 41.5 Å². The standard InChI is InChI=1S/C24H19Cl3F3N5O4S/c1-38-16-7-14(26)6-15(21(36)33-17-3-2-13(25)8-32-17)19(16)34-22(37)20-18(27)12(10-40-20)9-35(11-24(28,29)30)23-31-4-5-39-23/h2-3,6-8,10H,4-5,9,11H2,1H3,(H,34,37)(H,32,33,36). The van der Waals surface area contributed by atoms with Crippen molar-refractivity contribution in [2.24, 2.45) is 4.99 Å². The van der Waals surface area contributed by atoms with E-state index in [1.54, 1.807) is 0 Å². The van der Waals surface area contributed by atoms with Crippen LogP contribution in [0.25, 0.3) is 0 Å². The number of thiophene rings is 1. The lowest BCUT2D eigenvalue weighted by atomic mass is 10.1. The molecule has 2 N–H and O–H groups in total. The van der Waals surface area contributed by atoms with E-state index in [1.807, 2.05) is 0 Å². The van der Waals surface area contributed by atoms with Crippen LogP contribution in [0.1, 0.15) is 25.6 Å². The van der Waals surface area contributed by atoms with Gasteiger partial charge in [0.2, 0.25) is 0 Å². The molecule has 0 atom stereocenters. The van der Waals surface area contributed by atoms with E-state index in [-0.39, 0.29) is 69.0 Å². The molecule has 0 saturated heterocycles. The highest BCUT2D eigenvalue weighted by Crippen LogP contribution is 2.36. The molecular weight excluding hydrogens is 618 g/mol. The maximum absolute atomic E-state index is 13.3. The highest BCUT2D eigenvalue weighted by atomic mass is 35.5. The Bertz CT molecular complexity index is 1450. The van der Waals surface area contributed by atoms with Gasteiger partial charge in [-0.3, -0.25) is 9.59 Å². The summed E-state index contributed by atoms with van der Waals surface area (Å²) in [6.45, 7) is -1.21. The van der Waals surface area contributed by atoms with Crippen molar-refractivity contribution in [1.29, 1.82) is 0 Å². The van der Waals surface area contributed by atoms with Crippen molar-refractivity contribution < 1.29 is 32.2 Å². The first-order valence-electron chi connectivity index (χ1n) is 11.3. The molecule has 1 aliphatic heterocycles. The van der Waals surface area contributed by atoms with Crippen LogP contribution < -0.4 is 15.4 Å². The van der Waals surface area contributed by atoms with Crippen molar-refractivity contribution >= 4 is 75.5 Å². The van der Waals surface area contributed by atoms with Gasteiger partial charge in [0.25, 0.3) is 17.8 Å². The SMILES string of the molecule is COc1cc(Cl)cc(C(=O)Nc2ccc(Cl)cn2)c1NC(=O)c1scc(CN(CC(F)(F)F)C2=NCCO2)c1Cl. The minimum absolute atomic E-state index is 0.000587. The number of aromatic nitrogens is 1. The Morgan fingerprint density at radius 1 is 1.15 bits per heavy atom. The number of amidine groups is 1. The zero-order chi connectivity index (χ0) is 29.0. The monoisotopic (exact) mass is 635 g/mol. The van der Waals surface area contributed by atoms with Gasteiger partial charge in [-0.2, -0.15) is 13.2 Å². The highest BCUT2D eigenvalue weighted by Gasteiger charge is 2.34. The summed E-state index contributed by atoms with van der Waals surface area (Å²) in [5, 5.41) is 7.12. The third kappa shape index (κ3) is 7.27. The number of carbonyl (C=O) groups is 2. The zero-order valence-electron chi connectivity index (χ0n) is 20.4. The molecule has 2 amide bonds. The van der Waals surface area contributed by atoms with Crippen LogP contribution >= 0.6 is 46.1 Å². The number of hydrogen-bond donors (Lipinski definition) is 2. The lowest BCUT2D eigenvalue weighted by molar-refractivity contribution is -0.140. The van der Waals surface area contributed by atoms with E-state index in [4.69, 9.17) is 44.3 Å². The quantitative estimate of drug-likeness (QED) is 0.298. The second-order valence-electron chi connectivity index (χ2n) is 8.19. The molecule has 1 aliphatic rings. The number of aliphatic imine (C=N–C) groups is 1. The molecule has 0 aliphatic carbocycles. The van der Waals surface area contributed by atoms with Crippen LogP contribution in [0, 0.1) is 0 Å². The number of ether oxygens (including phenoxy) is 2. The van der Waals surface area contributed by atoms with Gasteiger partial charge in [0, 0.05) is 22.8 Å². The third-order valence-corrected chi connectivity index (χ3v) is 7.33. The highest BCUT2D eigenvalue weighted by molar-refractivity contribution is 7.13. The van der Waals surface area contributed by atoms with Crippen LogP contribution in [-0.2, 0) is 11.3 Å². The number of anilines is 2. The number of pyridine rings is 1. The Hall–Kier alpha value is -3.26. The lowest BCUT2D eigenvalue weighted by Gasteiger charge is -2.24. The molecule has 0 saturated carbocycles. The van der Waals surface area contributed by atoms with Crippen LogP contribution in [0.5, 0.6) is 5.75 Å². The van der Waals surface area contributed by atoms with Crippen molar-refractivity contribution in [3.8, 4) is 5.75 Å². The van der Waals surface area contributed by atoms with Crippen molar-refractivity contribution in [2.45, 2.75) is 12.7 Å². The van der Waals surface area contributed by atoms with Crippen LogP contribution in [0.4, 0.5) is 24.7 Å². The third-order valence-electron chi connectivity index (χ3n) is 5.32. The molecule has 0 unspecified atom stereocenters. The molecule has 4 rings (SSSR count). The number of carbonyl (C=O) groups excluding carboxylic acids is 2. The largest absolute Gasteiger partial charge is 0.494 e. The van der Waals surface area contributed by atoms with Gasteiger partial charge in [-0.15, -0.1) is 11.3 Å². The molecular formula is C24H19Cl3F3N5O4S. The van der Waals surface area contributed by atoms with Gasteiger partial charge < -0.3 is 25.0 Å². The van der Waals surface area contributed by atoms with E-state index < -0.39 is 24.5 Å². The molecule has 3 aromatic rings. The maximum atomic E-state index is 13.3. The smallest absolute Gasteiger partial charge is 0.406 e. The number of nitrogens with zero attached hydrogens (tertiary/aromatic N) is 3. The van der Waals surface area contributed by atoms with Crippen molar-refractivity contribution in [3.63, 3.8) is 0 Å². The van der Waals surface area contributed by atoms with Gasteiger partial charge in [0.1, 0.15) is 29.6 Å². The molecule has 2 aromatic heterocycles. The number of hydrogen-bond acceptors (Lipinski definition) is 8. The second-order valence-corrected chi connectivity index (χ2v) is 10.3. The van der Waals surface area contributed by atoms with E-state index in [0.717, 1.165) is 16.2 Å². The van der Waals surface area contributed by atoms with Crippen LogP contribution in [0.15, 0.2) is 40.8 Å². The van der Waals surface area contributed by atoms with E-state index in [2.05, 4.69) is 20.6 Å². The molecule has 16 heteroatoms. The normalized spacial score (nSPS) is 12.9. The van der Waals surface area contributed by atoms with Gasteiger partial charge in [-0.25, -0.2) is 9.98 Å². The van der Waals surface area contributed by atoms with Crippen molar-refractivity contribution in [3.05, 3.63) is 66.9 Å².